The zero-order chi connectivity index (χ0) is 18.8. The number of carbonyl (C=O) groups excluding carboxylic acids is 1. The van der Waals surface area contributed by atoms with Gasteiger partial charge in [0.2, 0.25) is 15.9 Å². The van der Waals surface area contributed by atoms with Crippen molar-refractivity contribution in [2.45, 2.75) is 57.4 Å². The summed E-state index contributed by atoms with van der Waals surface area (Å²) in [6.45, 7) is 7.61. The Bertz CT molecular complexity index is 745. The molecule has 1 fully saturated rings. The van der Waals surface area contributed by atoms with Crippen LogP contribution < -0.4 is 15.8 Å². The molecule has 1 aliphatic carbocycles. The molecule has 1 aliphatic rings. The fraction of sp³-hybridized carbons (Fsp3) is 0.611. The van der Waals surface area contributed by atoms with Gasteiger partial charge in [-0.25, -0.2) is 13.1 Å². The predicted molar refractivity (Wildman–Crippen MR) is 107 cm³/mol. The fourth-order valence-corrected chi connectivity index (χ4v) is 5.01. The summed E-state index contributed by atoms with van der Waals surface area (Å²) in [7, 11) is -3.66. The number of halogens is 1. The Balaban J connectivity index is 0.00000338. The maximum Gasteiger partial charge on any atom is 0.241 e. The van der Waals surface area contributed by atoms with Gasteiger partial charge in [0.15, 0.2) is 0 Å². The maximum absolute atomic E-state index is 12.6. The van der Waals surface area contributed by atoms with E-state index in [1.807, 2.05) is 0 Å². The van der Waals surface area contributed by atoms with Gasteiger partial charge < -0.3 is 11.1 Å². The van der Waals surface area contributed by atoms with Gasteiger partial charge in [-0.15, -0.1) is 12.4 Å². The molecule has 1 aromatic rings. The molecule has 4 N–H and O–H groups in total. The molecule has 1 saturated carbocycles. The van der Waals surface area contributed by atoms with Crippen LogP contribution in [0.1, 0.15) is 45.6 Å². The molecule has 148 valence electrons. The molecule has 0 radical (unpaired) electrons. The monoisotopic (exact) mass is 403 g/mol. The van der Waals surface area contributed by atoms with Gasteiger partial charge in [-0.2, -0.15) is 0 Å². The molecule has 0 bridgehead atoms. The first-order valence-corrected chi connectivity index (χ1v) is 10.2. The average Bonchev–Trinajstić information content (AvgIpc) is 2.95. The van der Waals surface area contributed by atoms with Crippen molar-refractivity contribution in [2.75, 3.05) is 11.9 Å². The van der Waals surface area contributed by atoms with Crippen LogP contribution in [-0.4, -0.2) is 26.4 Å². The zero-order valence-electron chi connectivity index (χ0n) is 15.8. The molecule has 26 heavy (non-hydrogen) atoms. The topological polar surface area (TPSA) is 101 Å². The molecule has 2 rings (SSSR count). The number of aryl methyl sites for hydroxylation is 1. The van der Waals surface area contributed by atoms with Crippen LogP contribution in [0, 0.1) is 18.8 Å². The van der Waals surface area contributed by atoms with Crippen LogP contribution in [0.25, 0.3) is 0 Å². The number of amides is 1. The second kappa shape index (κ2) is 8.69. The molecular weight excluding hydrogens is 374 g/mol. The number of nitrogens with two attached hydrogens (primary N) is 1. The number of hydrogen-bond donors (Lipinski definition) is 3. The van der Waals surface area contributed by atoms with E-state index in [2.05, 4.69) is 10.0 Å². The van der Waals surface area contributed by atoms with E-state index in [1.165, 1.54) is 6.07 Å². The number of benzene rings is 1. The summed E-state index contributed by atoms with van der Waals surface area (Å²) < 4.78 is 27.9. The molecule has 6 nitrogen and oxygen atoms in total. The van der Waals surface area contributed by atoms with E-state index < -0.39 is 15.6 Å². The van der Waals surface area contributed by atoms with Gasteiger partial charge in [0.05, 0.1) is 4.90 Å². The molecule has 0 spiro atoms. The molecule has 0 aliphatic heterocycles. The van der Waals surface area contributed by atoms with Gasteiger partial charge in [0.1, 0.15) is 0 Å². The fourth-order valence-electron chi connectivity index (χ4n) is 3.32. The lowest BCUT2D eigenvalue weighted by atomic mass is 9.95. The van der Waals surface area contributed by atoms with Crippen molar-refractivity contribution in [2.24, 2.45) is 17.6 Å². The summed E-state index contributed by atoms with van der Waals surface area (Å²) >= 11 is 0. The van der Waals surface area contributed by atoms with Crippen LogP contribution in [-0.2, 0) is 14.8 Å². The van der Waals surface area contributed by atoms with E-state index >= 15 is 0 Å². The molecular formula is C18H30ClN3O3S. The highest BCUT2D eigenvalue weighted by Gasteiger charge is 2.32. The van der Waals surface area contributed by atoms with Crippen molar-refractivity contribution in [3.05, 3.63) is 23.8 Å². The smallest absolute Gasteiger partial charge is 0.241 e. The highest BCUT2D eigenvalue weighted by Crippen LogP contribution is 2.32. The van der Waals surface area contributed by atoms with Gasteiger partial charge in [0, 0.05) is 17.1 Å². The third-order valence-corrected chi connectivity index (χ3v) is 6.38. The van der Waals surface area contributed by atoms with Gasteiger partial charge in [0.25, 0.3) is 0 Å². The zero-order valence-corrected chi connectivity index (χ0v) is 17.5. The Kier molecular flexibility index (Phi) is 7.65. The van der Waals surface area contributed by atoms with Crippen LogP contribution in [0.5, 0.6) is 0 Å². The Morgan fingerprint density at radius 1 is 1.27 bits per heavy atom. The van der Waals surface area contributed by atoms with E-state index in [0.717, 1.165) is 19.3 Å². The Labute approximate surface area is 162 Å². The van der Waals surface area contributed by atoms with Crippen molar-refractivity contribution in [3.63, 3.8) is 0 Å². The Morgan fingerprint density at radius 2 is 1.92 bits per heavy atom. The van der Waals surface area contributed by atoms with Crippen LogP contribution in [0.15, 0.2) is 23.1 Å². The summed E-state index contributed by atoms with van der Waals surface area (Å²) in [5.74, 6) is 0.0270. The van der Waals surface area contributed by atoms with Crippen LogP contribution in [0.2, 0.25) is 0 Å². The normalized spacial score (nSPS) is 20.5. The minimum Gasteiger partial charge on any atom is -0.330 e. The molecule has 1 amide bonds. The summed E-state index contributed by atoms with van der Waals surface area (Å²) in [6.07, 6.45) is 2.80. The molecule has 0 aromatic heterocycles. The van der Waals surface area contributed by atoms with Gasteiger partial charge in [-0.05, 0) is 70.7 Å². The number of sulfonamides is 1. The summed E-state index contributed by atoms with van der Waals surface area (Å²) in [5.41, 5.74) is 6.29. The van der Waals surface area contributed by atoms with Gasteiger partial charge in [-0.1, -0.05) is 12.5 Å². The molecule has 0 saturated heterocycles. The first kappa shape index (κ1) is 22.9. The molecule has 1 aromatic carbocycles. The highest BCUT2D eigenvalue weighted by molar-refractivity contribution is 7.89. The third kappa shape index (κ3) is 5.67. The average molecular weight is 404 g/mol. The van der Waals surface area contributed by atoms with Crippen molar-refractivity contribution in [1.82, 2.24) is 4.72 Å². The van der Waals surface area contributed by atoms with E-state index in [9.17, 15) is 13.2 Å². The van der Waals surface area contributed by atoms with Crippen molar-refractivity contribution in [1.29, 1.82) is 0 Å². The largest absolute Gasteiger partial charge is 0.330 e. The minimum atomic E-state index is -3.66. The van der Waals surface area contributed by atoms with E-state index in [0.29, 0.717) is 17.8 Å². The second-order valence-corrected chi connectivity index (χ2v) is 9.51. The van der Waals surface area contributed by atoms with Gasteiger partial charge in [-0.3, -0.25) is 4.79 Å². The second-order valence-electron chi connectivity index (χ2n) is 7.86. The Morgan fingerprint density at radius 3 is 2.50 bits per heavy atom. The highest BCUT2D eigenvalue weighted by atomic mass is 35.5. The number of rotatable bonds is 5. The number of nitrogens with one attached hydrogen (secondary N) is 2. The lowest BCUT2D eigenvalue weighted by Crippen LogP contribution is -2.40. The summed E-state index contributed by atoms with van der Waals surface area (Å²) in [4.78, 5) is 12.7. The van der Waals surface area contributed by atoms with E-state index in [-0.39, 0.29) is 35.0 Å². The quantitative estimate of drug-likeness (QED) is 0.703. The van der Waals surface area contributed by atoms with Crippen molar-refractivity contribution < 1.29 is 13.2 Å². The van der Waals surface area contributed by atoms with Crippen LogP contribution >= 0.6 is 12.4 Å². The minimum absolute atomic E-state index is 0. The predicted octanol–water partition coefficient (Wildman–Crippen LogP) is 2.81. The van der Waals surface area contributed by atoms with Crippen molar-refractivity contribution in [3.8, 4) is 0 Å². The van der Waals surface area contributed by atoms with E-state index in [4.69, 9.17) is 5.73 Å². The third-order valence-electron chi connectivity index (χ3n) is 4.48. The van der Waals surface area contributed by atoms with Crippen LogP contribution in [0.3, 0.4) is 0 Å². The molecule has 2 atom stereocenters. The summed E-state index contributed by atoms with van der Waals surface area (Å²) in [5, 5.41) is 2.86. The molecule has 8 heteroatoms. The molecule has 0 heterocycles. The summed E-state index contributed by atoms with van der Waals surface area (Å²) in [6, 6.07) is 4.96. The standard InChI is InChI=1S/C18H29N3O3S.ClH/c1-12-8-9-14(10-16(12)25(23,24)21-18(2,3)4)20-17(22)15-7-5-6-13(15)11-19;/h8-10,13,15,21H,5-7,11,19H2,1-4H3,(H,20,22);1H/t13-,15-;/m1./s1. The van der Waals surface area contributed by atoms with E-state index in [1.54, 1.807) is 39.8 Å². The number of carbonyl (C=O) groups is 1. The first-order valence-electron chi connectivity index (χ1n) is 8.69. The molecule has 0 unspecified atom stereocenters. The first-order chi connectivity index (χ1) is 11.5. The lowest BCUT2D eigenvalue weighted by molar-refractivity contribution is -0.120. The van der Waals surface area contributed by atoms with Gasteiger partial charge >= 0.3 is 0 Å². The lowest BCUT2D eigenvalue weighted by Gasteiger charge is -2.22. The number of anilines is 1. The van der Waals surface area contributed by atoms with Crippen molar-refractivity contribution >= 4 is 34.0 Å². The SMILES string of the molecule is Cc1ccc(NC(=O)[C@@H]2CCC[C@@H]2CN)cc1S(=O)(=O)NC(C)(C)C.Cl. The maximum atomic E-state index is 12.6. The number of hydrogen-bond acceptors (Lipinski definition) is 4. The van der Waals surface area contributed by atoms with Crippen LogP contribution in [0.4, 0.5) is 5.69 Å². The Hall–Kier alpha value is -1.15.